The van der Waals surface area contributed by atoms with Crippen LogP contribution in [-0.4, -0.2) is 30.5 Å². The Labute approximate surface area is 129 Å². The molecule has 1 fully saturated rings. The number of aliphatic hydroxyl groups is 1. The second-order valence-electron chi connectivity index (χ2n) is 5.17. The van der Waals surface area contributed by atoms with Gasteiger partial charge in [0.1, 0.15) is 18.0 Å². The molecule has 3 atom stereocenters. The van der Waals surface area contributed by atoms with Gasteiger partial charge in [0.25, 0.3) is 0 Å². The summed E-state index contributed by atoms with van der Waals surface area (Å²) in [4.78, 5) is 0. The van der Waals surface area contributed by atoms with Crippen molar-refractivity contribution in [1.82, 2.24) is 0 Å². The monoisotopic (exact) mass is 304 g/mol. The maximum atomic E-state index is 9.58. The van der Waals surface area contributed by atoms with Crippen LogP contribution in [0.5, 0.6) is 5.75 Å². The summed E-state index contributed by atoms with van der Waals surface area (Å²) in [6, 6.07) is 15.8. The molecule has 0 heterocycles. The molecule has 0 aliphatic heterocycles. The molecule has 21 heavy (non-hydrogen) atoms. The highest BCUT2D eigenvalue weighted by atomic mass is 35.5. The number of hydrogen-bond acceptors (Lipinski definition) is 3. The zero-order chi connectivity index (χ0) is 14.8. The number of rotatable bonds is 4. The zero-order valence-electron chi connectivity index (χ0n) is 11.7. The molecule has 3 nitrogen and oxygen atoms in total. The van der Waals surface area contributed by atoms with Crippen LogP contribution in [0.25, 0.3) is 11.1 Å². The second kappa shape index (κ2) is 6.06. The van der Waals surface area contributed by atoms with Crippen molar-refractivity contribution in [3.05, 3.63) is 53.6 Å². The summed E-state index contributed by atoms with van der Waals surface area (Å²) >= 11 is 6.30. The average Bonchev–Trinajstić information content (AvgIpc) is 2.49. The van der Waals surface area contributed by atoms with E-state index in [1.54, 1.807) is 7.11 Å². The van der Waals surface area contributed by atoms with Gasteiger partial charge in [-0.2, -0.15) is 0 Å². The van der Waals surface area contributed by atoms with Crippen molar-refractivity contribution in [2.75, 3.05) is 7.11 Å². The van der Waals surface area contributed by atoms with E-state index >= 15 is 0 Å². The van der Waals surface area contributed by atoms with E-state index < -0.39 is 6.10 Å². The van der Waals surface area contributed by atoms with Crippen LogP contribution >= 0.6 is 11.6 Å². The van der Waals surface area contributed by atoms with Gasteiger partial charge in [-0.25, -0.2) is 0 Å². The van der Waals surface area contributed by atoms with Crippen LogP contribution < -0.4 is 4.74 Å². The van der Waals surface area contributed by atoms with Gasteiger partial charge in [0.05, 0.1) is 11.1 Å². The standard InChI is InChI=1S/C17H17ClO3/c1-20-17-14(19)10-16(17)21-15-8-7-12(9-13(15)18)11-5-3-2-4-6-11/h2-9,14,16-17,19H,10H2,1H3. The van der Waals surface area contributed by atoms with Gasteiger partial charge in [-0.3, -0.25) is 0 Å². The van der Waals surface area contributed by atoms with E-state index in [-0.39, 0.29) is 12.2 Å². The normalized spacial score (nSPS) is 24.4. The number of methoxy groups -OCH3 is 1. The molecule has 2 aromatic carbocycles. The molecule has 1 saturated carbocycles. The van der Waals surface area contributed by atoms with Crippen LogP contribution in [0.1, 0.15) is 6.42 Å². The van der Waals surface area contributed by atoms with Gasteiger partial charge in [-0.15, -0.1) is 0 Å². The Hall–Kier alpha value is -1.55. The first-order valence-electron chi connectivity index (χ1n) is 6.91. The van der Waals surface area contributed by atoms with Crippen molar-refractivity contribution in [3.8, 4) is 16.9 Å². The smallest absolute Gasteiger partial charge is 0.138 e. The predicted octanol–water partition coefficient (Wildman–Crippen LogP) is 3.53. The van der Waals surface area contributed by atoms with Crippen molar-refractivity contribution in [1.29, 1.82) is 0 Å². The highest BCUT2D eigenvalue weighted by Crippen LogP contribution is 2.34. The van der Waals surface area contributed by atoms with Gasteiger partial charge in [0.2, 0.25) is 0 Å². The Morgan fingerprint density at radius 1 is 1.10 bits per heavy atom. The Morgan fingerprint density at radius 2 is 1.86 bits per heavy atom. The third-order valence-corrected chi connectivity index (χ3v) is 4.10. The van der Waals surface area contributed by atoms with E-state index in [9.17, 15) is 5.11 Å². The third kappa shape index (κ3) is 2.91. The van der Waals surface area contributed by atoms with Crippen molar-refractivity contribution >= 4 is 11.6 Å². The molecule has 2 aromatic rings. The van der Waals surface area contributed by atoms with Crippen LogP contribution in [0.3, 0.4) is 0 Å². The molecule has 0 saturated heterocycles. The van der Waals surface area contributed by atoms with Crippen LogP contribution in [0, 0.1) is 0 Å². The Kier molecular flexibility index (Phi) is 4.15. The van der Waals surface area contributed by atoms with Crippen molar-refractivity contribution in [3.63, 3.8) is 0 Å². The van der Waals surface area contributed by atoms with Crippen molar-refractivity contribution in [2.45, 2.75) is 24.7 Å². The molecule has 1 N–H and O–H groups in total. The van der Waals surface area contributed by atoms with Gasteiger partial charge < -0.3 is 14.6 Å². The minimum absolute atomic E-state index is 0.148. The summed E-state index contributed by atoms with van der Waals surface area (Å²) in [7, 11) is 1.57. The summed E-state index contributed by atoms with van der Waals surface area (Å²) in [5, 5.41) is 10.1. The fraction of sp³-hybridized carbons (Fsp3) is 0.294. The van der Waals surface area contributed by atoms with Crippen LogP contribution in [0.2, 0.25) is 5.02 Å². The van der Waals surface area contributed by atoms with E-state index in [0.29, 0.717) is 17.2 Å². The molecule has 0 aromatic heterocycles. The number of aliphatic hydroxyl groups excluding tert-OH is 1. The number of ether oxygens (including phenoxy) is 2. The molecule has 0 amide bonds. The number of halogens is 1. The van der Waals surface area contributed by atoms with Crippen molar-refractivity contribution < 1.29 is 14.6 Å². The fourth-order valence-corrected chi connectivity index (χ4v) is 2.78. The number of hydrogen-bond donors (Lipinski definition) is 1. The second-order valence-corrected chi connectivity index (χ2v) is 5.58. The Morgan fingerprint density at radius 3 is 2.48 bits per heavy atom. The topological polar surface area (TPSA) is 38.7 Å². The summed E-state index contributed by atoms with van der Waals surface area (Å²) in [5.74, 6) is 0.621. The predicted molar refractivity (Wildman–Crippen MR) is 82.7 cm³/mol. The van der Waals surface area contributed by atoms with Crippen LogP contribution in [0.15, 0.2) is 48.5 Å². The van der Waals surface area contributed by atoms with E-state index in [0.717, 1.165) is 11.1 Å². The molecule has 0 bridgehead atoms. The van der Waals surface area contributed by atoms with E-state index in [1.807, 2.05) is 48.5 Å². The SMILES string of the molecule is COC1C(O)CC1Oc1ccc(-c2ccccc2)cc1Cl. The van der Waals surface area contributed by atoms with Crippen LogP contribution in [0.4, 0.5) is 0 Å². The molecule has 1 aliphatic carbocycles. The summed E-state index contributed by atoms with van der Waals surface area (Å²) < 4.78 is 11.0. The number of benzene rings is 2. The molecular weight excluding hydrogens is 288 g/mol. The first kappa shape index (κ1) is 14.4. The van der Waals surface area contributed by atoms with Gasteiger partial charge in [-0.05, 0) is 23.3 Å². The van der Waals surface area contributed by atoms with Gasteiger partial charge in [0.15, 0.2) is 0 Å². The first-order chi connectivity index (χ1) is 10.2. The molecule has 110 valence electrons. The lowest BCUT2D eigenvalue weighted by Crippen LogP contribution is -2.54. The van der Waals surface area contributed by atoms with E-state index in [1.165, 1.54) is 0 Å². The van der Waals surface area contributed by atoms with Gasteiger partial charge in [-0.1, -0.05) is 48.0 Å². The highest BCUT2D eigenvalue weighted by Gasteiger charge is 2.42. The quantitative estimate of drug-likeness (QED) is 0.939. The summed E-state index contributed by atoms with van der Waals surface area (Å²) in [5.41, 5.74) is 2.16. The van der Waals surface area contributed by atoms with Crippen molar-refractivity contribution in [2.24, 2.45) is 0 Å². The largest absolute Gasteiger partial charge is 0.486 e. The lowest BCUT2D eigenvalue weighted by Gasteiger charge is -2.40. The molecule has 0 spiro atoms. The zero-order valence-corrected chi connectivity index (χ0v) is 12.5. The lowest BCUT2D eigenvalue weighted by molar-refractivity contribution is -0.149. The molecule has 1 aliphatic rings. The lowest BCUT2D eigenvalue weighted by atomic mass is 9.88. The first-order valence-corrected chi connectivity index (χ1v) is 7.29. The summed E-state index contributed by atoms with van der Waals surface area (Å²) in [6.45, 7) is 0. The molecule has 3 unspecified atom stereocenters. The maximum absolute atomic E-state index is 9.58. The molecule has 4 heteroatoms. The summed E-state index contributed by atoms with van der Waals surface area (Å²) in [6.07, 6.45) is -0.322. The average molecular weight is 305 g/mol. The minimum atomic E-state index is -0.456. The maximum Gasteiger partial charge on any atom is 0.138 e. The molecule has 3 rings (SSSR count). The Balaban J connectivity index is 1.76. The van der Waals surface area contributed by atoms with Gasteiger partial charge >= 0.3 is 0 Å². The highest BCUT2D eigenvalue weighted by molar-refractivity contribution is 6.32. The van der Waals surface area contributed by atoms with E-state index in [2.05, 4.69) is 0 Å². The third-order valence-electron chi connectivity index (χ3n) is 3.81. The van der Waals surface area contributed by atoms with E-state index in [4.69, 9.17) is 21.1 Å². The van der Waals surface area contributed by atoms with Crippen LogP contribution in [-0.2, 0) is 4.74 Å². The Bertz CT molecular complexity index is 615. The fourth-order valence-electron chi connectivity index (χ4n) is 2.55. The molecule has 0 radical (unpaired) electrons. The molecular formula is C17H17ClO3. The minimum Gasteiger partial charge on any atom is -0.486 e. The van der Waals surface area contributed by atoms with Gasteiger partial charge in [0, 0.05) is 13.5 Å².